The molecule has 0 amide bonds. The van der Waals surface area contributed by atoms with Gasteiger partial charge in [-0.2, -0.15) is 13.2 Å². The summed E-state index contributed by atoms with van der Waals surface area (Å²) in [6.45, 7) is 6.37. The summed E-state index contributed by atoms with van der Waals surface area (Å²) >= 11 is 0. The maximum absolute atomic E-state index is 12.2. The second-order valence-corrected chi connectivity index (χ2v) is 3.90. The molecule has 3 nitrogen and oxygen atoms in total. The number of aromatic nitrogens is 2. The lowest BCUT2D eigenvalue weighted by Gasteiger charge is -2.15. The van der Waals surface area contributed by atoms with Crippen molar-refractivity contribution < 1.29 is 13.2 Å². The Kier molecular flexibility index (Phi) is 4.45. The Labute approximate surface area is 98.5 Å². The van der Waals surface area contributed by atoms with Gasteiger partial charge in [-0.1, -0.05) is 6.92 Å². The van der Waals surface area contributed by atoms with Crippen LogP contribution in [-0.2, 0) is 6.42 Å². The van der Waals surface area contributed by atoms with Gasteiger partial charge in [-0.15, -0.1) is 0 Å². The molecule has 1 atom stereocenters. The van der Waals surface area contributed by atoms with Gasteiger partial charge in [0, 0.05) is 23.5 Å². The topological polar surface area (TPSA) is 37.8 Å². The van der Waals surface area contributed by atoms with Gasteiger partial charge in [0.15, 0.2) is 0 Å². The molecular weight excluding hydrogens is 231 g/mol. The van der Waals surface area contributed by atoms with Crippen molar-refractivity contribution in [3.8, 4) is 0 Å². The van der Waals surface area contributed by atoms with Gasteiger partial charge >= 0.3 is 6.18 Å². The lowest BCUT2D eigenvalue weighted by Crippen LogP contribution is -2.20. The van der Waals surface area contributed by atoms with E-state index < -0.39 is 12.6 Å². The lowest BCUT2D eigenvalue weighted by atomic mass is 10.1. The summed E-state index contributed by atoms with van der Waals surface area (Å²) in [4.78, 5) is 7.65. The number of alkyl halides is 3. The van der Waals surface area contributed by atoms with Crippen molar-refractivity contribution >= 4 is 0 Å². The molecule has 6 heteroatoms. The smallest absolute Gasteiger partial charge is 0.310 e. The van der Waals surface area contributed by atoms with Gasteiger partial charge in [-0.05, 0) is 20.4 Å². The molecule has 0 aliphatic carbocycles. The molecule has 1 aromatic rings. The molecule has 0 saturated carbocycles. The average molecular weight is 247 g/mol. The van der Waals surface area contributed by atoms with E-state index in [4.69, 9.17) is 0 Å². The Morgan fingerprint density at radius 2 is 2.06 bits per heavy atom. The molecule has 17 heavy (non-hydrogen) atoms. The minimum Gasteiger partial charge on any atom is -0.310 e. The number of hydrogen-bond donors (Lipinski definition) is 1. The molecule has 96 valence electrons. The number of halogens is 3. The van der Waals surface area contributed by atoms with Crippen molar-refractivity contribution in [1.29, 1.82) is 0 Å². The fraction of sp³-hybridized carbons (Fsp3) is 0.636. The van der Waals surface area contributed by atoms with Gasteiger partial charge in [0.05, 0.1) is 0 Å². The van der Waals surface area contributed by atoms with E-state index in [1.165, 1.54) is 6.20 Å². The second-order valence-electron chi connectivity index (χ2n) is 3.90. The number of nitrogens with one attached hydrogen (secondary N) is 1. The van der Waals surface area contributed by atoms with E-state index in [0.717, 1.165) is 12.1 Å². The van der Waals surface area contributed by atoms with Crippen LogP contribution in [-0.4, -0.2) is 22.7 Å². The molecular formula is C11H16F3N3. The average Bonchev–Trinajstić information content (AvgIpc) is 2.15. The molecule has 0 aliphatic heterocycles. The summed E-state index contributed by atoms with van der Waals surface area (Å²) in [6, 6.07) is 0.0416. The van der Waals surface area contributed by atoms with Crippen molar-refractivity contribution in [2.75, 3.05) is 6.54 Å². The van der Waals surface area contributed by atoms with Crippen LogP contribution in [0.15, 0.2) is 6.20 Å². The van der Waals surface area contributed by atoms with Gasteiger partial charge in [0.1, 0.15) is 12.2 Å². The summed E-state index contributed by atoms with van der Waals surface area (Å²) in [5.41, 5.74) is 1.42. The summed E-state index contributed by atoms with van der Waals surface area (Å²) in [6.07, 6.45) is -3.87. The van der Waals surface area contributed by atoms with Crippen LogP contribution in [0.1, 0.15) is 37.0 Å². The predicted molar refractivity (Wildman–Crippen MR) is 58.6 cm³/mol. The SMILES string of the molecule is CCNC(C)c1cnc(CC(F)(F)F)nc1C. The van der Waals surface area contributed by atoms with Crippen molar-refractivity contribution in [3.05, 3.63) is 23.3 Å². The van der Waals surface area contributed by atoms with E-state index in [-0.39, 0.29) is 11.9 Å². The summed E-state index contributed by atoms with van der Waals surface area (Å²) in [7, 11) is 0. The predicted octanol–water partition coefficient (Wildman–Crippen LogP) is 2.56. The normalized spacial score (nSPS) is 13.8. The largest absolute Gasteiger partial charge is 0.396 e. The minimum absolute atomic E-state index is 0.0416. The van der Waals surface area contributed by atoms with E-state index in [9.17, 15) is 13.2 Å². The Morgan fingerprint density at radius 3 is 2.53 bits per heavy atom. The van der Waals surface area contributed by atoms with Crippen LogP contribution >= 0.6 is 0 Å². The maximum Gasteiger partial charge on any atom is 0.396 e. The molecule has 0 spiro atoms. The van der Waals surface area contributed by atoms with Crippen molar-refractivity contribution in [2.24, 2.45) is 0 Å². The highest BCUT2D eigenvalue weighted by molar-refractivity contribution is 5.20. The molecule has 1 aromatic heterocycles. The standard InChI is InChI=1S/C11H16F3N3/c1-4-15-7(2)9-6-16-10(17-8(9)3)5-11(12,13)14/h6-7,15H,4-5H2,1-3H3. The first-order valence-electron chi connectivity index (χ1n) is 5.46. The molecule has 0 bridgehead atoms. The molecule has 0 aromatic carbocycles. The highest BCUT2D eigenvalue weighted by Crippen LogP contribution is 2.21. The van der Waals surface area contributed by atoms with Crippen LogP contribution in [0.2, 0.25) is 0 Å². The van der Waals surface area contributed by atoms with Gasteiger partial charge in [-0.25, -0.2) is 9.97 Å². The van der Waals surface area contributed by atoms with Crippen LogP contribution in [0, 0.1) is 6.92 Å². The molecule has 0 saturated heterocycles. The van der Waals surface area contributed by atoms with Gasteiger partial charge in [0.2, 0.25) is 0 Å². The first kappa shape index (κ1) is 13.9. The first-order chi connectivity index (χ1) is 7.83. The number of aryl methyl sites for hydroxylation is 1. The van der Waals surface area contributed by atoms with E-state index in [1.807, 2.05) is 13.8 Å². The van der Waals surface area contributed by atoms with Crippen LogP contribution in [0.25, 0.3) is 0 Å². The molecule has 1 rings (SSSR count). The molecule has 1 N–H and O–H groups in total. The monoisotopic (exact) mass is 247 g/mol. The van der Waals surface area contributed by atoms with Crippen LogP contribution in [0.4, 0.5) is 13.2 Å². The number of nitrogens with zero attached hydrogens (tertiary/aromatic N) is 2. The third kappa shape index (κ3) is 4.30. The van der Waals surface area contributed by atoms with Crippen molar-refractivity contribution in [1.82, 2.24) is 15.3 Å². The third-order valence-electron chi connectivity index (χ3n) is 2.40. The zero-order valence-corrected chi connectivity index (χ0v) is 10.1. The Bertz CT molecular complexity index is 377. The molecule has 1 unspecified atom stereocenters. The van der Waals surface area contributed by atoms with Crippen molar-refractivity contribution in [3.63, 3.8) is 0 Å². The molecule has 0 aliphatic rings. The zero-order valence-electron chi connectivity index (χ0n) is 10.1. The van der Waals surface area contributed by atoms with E-state index in [0.29, 0.717) is 5.69 Å². The van der Waals surface area contributed by atoms with Crippen molar-refractivity contribution in [2.45, 2.75) is 39.4 Å². The zero-order chi connectivity index (χ0) is 13.1. The summed E-state index contributed by atoms with van der Waals surface area (Å²) in [5.74, 6) is -0.178. The first-order valence-corrected chi connectivity index (χ1v) is 5.46. The highest BCUT2D eigenvalue weighted by atomic mass is 19.4. The Balaban J connectivity index is 2.86. The second kappa shape index (κ2) is 5.44. The molecule has 1 heterocycles. The number of hydrogen-bond acceptors (Lipinski definition) is 3. The molecule has 0 radical (unpaired) electrons. The fourth-order valence-corrected chi connectivity index (χ4v) is 1.63. The minimum atomic E-state index is -4.26. The van der Waals surface area contributed by atoms with Crippen LogP contribution in [0.5, 0.6) is 0 Å². The highest BCUT2D eigenvalue weighted by Gasteiger charge is 2.29. The number of rotatable bonds is 4. The van der Waals surface area contributed by atoms with Gasteiger partial charge < -0.3 is 5.32 Å². The Morgan fingerprint density at radius 1 is 1.41 bits per heavy atom. The fourth-order valence-electron chi connectivity index (χ4n) is 1.63. The van der Waals surface area contributed by atoms with Gasteiger partial charge in [-0.3, -0.25) is 0 Å². The summed E-state index contributed by atoms with van der Waals surface area (Å²) in [5, 5.41) is 3.17. The summed E-state index contributed by atoms with van der Waals surface area (Å²) < 4.78 is 36.5. The van der Waals surface area contributed by atoms with E-state index in [1.54, 1.807) is 6.92 Å². The van der Waals surface area contributed by atoms with Crippen LogP contribution in [0.3, 0.4) is 0 Å². The van der Waals surface area contributed by atoms with E-state index >= 15 is 0 Å². The van der Waals surface area contributed by atoms with E-state index in [2.05, 4.69) is 15.3 Å². The maximum atomic E-state index is 12.2. The third-order valence-corrected chi connectivity index (χ3v) is 2.40. The molecule has 0 fully saturated rings. The quantitative estimate of drug-likeness (QED) is 0.888. The lowest BCUT2D eigenvalue weighted by molar-refractivity contribution is -0.128. The Hall–Kier alpha value is -1.17. The van der Waals surface area contributed by atoms with Crippen LogP contribution < -0.4 is 5.32 Å². The van der Waals surface area contributed by atoms with Gasteiger partial charge in [0.25, 0.3) is 0 Å².